The summed E-state index contributed by atoms with van der Waals surface area (Å²) < 4.78 is 0. The van der Waals surface area contributed by atoms with Gasteiger partial charge >= 0.3 is 0 Å². The number of hydrogen-bond donors (Lipinski definition) is 1. The van der Waals surface area contributed by atoms with E-state index < -0.39 is 0 Å². The van der Waals surface area contributed by atoms with Crippen molar-refractivity contribution in [3.8, 4) is 0 Å². The molecule has 2 aromatic heterocycles. The fraction of sp³-hybridized carbons (Fsp3) is 0.524. The van der Waals surface area contributed by atoms with E-state index in [0.717, 1.165) is 58.8 Å². The molecule has 0 spiro atoms. The summed E-state index contributed by atoms with van der Waals surface area (Å²) in [6.07, 6.45) is 4.31. The van der Waals surface area contributed by atoms with Crippen LogP contribution in [0.25, 0.3) is 10.2 Å². The second kappa shape index (κ2) is 7.89. The van der Waals surface area contributed by atoms with Crippen molar-refractivity contribution in [2.45, 2.75) is 53.5 Å². The van der Waals surface area contributed by atoms with Crippen LogP contribution in [0, 0.1) is 20.8 Å². The monoisotopic (exact) mass is 371 g/mol. The molecular weight excluding hydrogens is 342 g/mol. The van der Waals surface area contributed by atoms with Crippen LogP contribution in [-0.2, 0) is 0 Å². The number of pyridine rings is 1. The van der Waals surface area contributed by atoms with Crippen molar-refractivity contribution < 1.29 is 4.79 Å². The zero-order valence-corrected chi connectivity index (χ0v) is 17.3. The van der Waals surface area contributed by atoms with Crippen LogP contribution in [0.5, 0.6) is 0 Å². The zero-order valence-electron chi connectivity index (χ0n) is 16.5. The second-order valence-corrected chi connectivity index (χ2v) is 8.65. The first-order valence-electron chi connectivity index (χ1n) is 9.39. The number of carbonyl (C=O) groups excluding carboxylic acids is 1. The van der Waals surface area contributed by atoms with Crippen LogP contribution in [0.1, 0.15) is 53.2 Å². The number of carbonyl (C=O) groups is 1. The highest BCUT2D eigenvalue weighted by molar-refractivity contribution is 7.20. The Hall–Kier alpha value is -1.72. The van der Waals surface area contributed by atoms with Gasteiger partial charge in [0.25, 0.3) is 5.91 Å². The van der Waals surface area contributed by atoms with E-state index in [9.17, 15) is 4.79 Å². The van der Waals surface area contributed by atoms with Crippen LogP contribution in [0.2, 0.25) is 0 Å². The predicted octanol–water partition coefficient (Wildman–Crippen LogP) is 4.38. The molecular formula is C21H29N3OS. The van der Waals surface area contributed by atoms with Crippen molar-refractivity contribution in [2.75, 3.05) is 19.6 Å². The van der Waals surface area contributed by atoms with Crippen molar-refractivity contribution in [1.82, 2.24) is 15.2 Å². The number of aryl methyl sites for hydroxylation is 3. The van der Waals surface area contributed by atoms with Gasteiger partial charge in [0.2, 0.25) is 0 Å². The maximum Gasteiger partial charge on any atom is 0.261 e. The molecule has 1 aliphatic rings. The Balaban J connectivity index is 1.66. The third-order valence-corrected chi connectivity index (χ3v) is 6.30. The number of thiophene rings is 1. The van der Waals surface area contributed by atoms with Gasteiger partial charge in [0, 0.05) is 36.8 Å². The highest BCUT2D eigenvalue weighted by atomic mass is 32.1. The third kappa shape index (κ3) is 4.15. The first-order valence-corrected chi connectivity index (χ1v) is 10.2. The average molecular weight is 372 g/mol. The number of aromatic nitrogens is 1. The van der Waals surface area contributed by atoms with E-state index in [2.05, 4.69) is 48.1 Å². The van der Waals surface area contributed by atoms with Crippen molar-refractivity contribution in [2.24, 2.45) is 0 Å². The molecule has 1 saturated heterocycles. The molecule has 1 N–H and O–H groups in total. The summed E-state index contributed by atoms with van der Waals surface area (Å²) in [5, 5.41) is 4.40. The Morgan fingerprint density at radius 3 is 2.65 bits per heavy atom. The first-order chi connectivity index (χ1) is 12.3. The highest BCUT2D eigenvalue weighted by Crippen LogP contribution is 2.32. The Morgan fingerprint density at radius 2 is 2.00 bits per heavy atom. The van der Waals surface area contributed by atoms with Gasteiger partial charge in [0.15, 0.2) is 0 Å². The summed E-state index contributed by atoms with van der Waals surface area (Å²) in [7, 11) is 0. The van der Waals surface area contributed by atoms with Crippen LogP contribution in [0.4, 0.5) is 0 Å². The smallest absolute Gasteiger partial charge is 0.261 e. The number of allylic oxidation sites excluding steroid dienone is 1. The highest BCUT2D eigenvalue weighted by Gasteiger charge is 2.23. The molecule has 3 rings (SSSR count). The Kier molecular flexibility index (Phi) is 5.78. The minimum Gasteiger partial charge on any atom is -0.349 e. The summed E-state index contributed by atoms with van der Waals surface area (Å²) in [5.41, 5.74) is 4.63. The van der Waals surface area contributed by atoms with Crippen molar-refractivity contribution in [3.05, 3.63) is 39.4 Å². The number of amides is 1. The van der Waals surface area contributed by atoms with E-state index in [0.29, 0.717) is 0 Å². The molecule has 5 heteroatoms. The van der Waals surface area contributed by atoms with Crippen LogP contribution >= 0.6 is 11.3 Å². The Morgan fingerprint density at radius 1 is 1.31 bits per heavy atom. The van der Waals surface area contributed by atoms with Crippen LogP contribution in [-0.4, -0.2) is 41.5 Å². The molecule has 140 valence electrons. The summed E-state index contributed by atoms with van der Waals surface area (Å²) in [6, 6.07) is 2.36. The van der Waals surface area contributed by atoms with Gasteiger partial charge < -0.3 is 5.32 Å². The van der Waals surface area contributed by atoms with E-state index in [4.69, 9.17) is 0 Å². The van der Waals surface area contributed by atoms with E-state index >= 15 is 0 Å². The van der Waals surface area contributed by atoms with Gasteiger partial charge in [-0.2, -0.15) is 0 Å². The van der Waals surface area contributed by atoms with Gasteiger partial charge in [0.05, 0.1) is 4.88 Å². The van der Waals surface area contributed by atoms with Crippen molar-refractivity contribution in [1.29, 1.82) is 0 Å². The van der Waals surface area contributed by atoms with Gasteiger partial charge in [-0.15, -0.1) is 11.3 Å². The van der Waals surface area contributed by atoms with Crippen LogP contribution in [0.3, 0.4) is 0 Å². The fourth-order valence-electron chi connectivity index (χ4n) is 3.66. The molecule has 0 bridgehead atoms. The minimum absolute atomic E-state index is 0.0605. The average Bonchev–Trinajstić information content (AvgIpc) is 2.91. The normalized spacial score (nSPS) is 16.0. The van der Waals surface area contributed by atoms with Crippen LogP contribution < -0.4 is 5.32 Å². The van der Waals surface area contributed by atoms with Gasteiger partial charge in [-0.1, -0.05) is 11.6 Å². The minimum atomic E-state index is 0.0605. The van der Waals surface area contributed by atoms with E-state index in [1.807, 2.05) is 13.8 Å². The number of likely N-dealkylation sites (tertiary alicyclic amines) is 1. The van der Waals surface area contributed by atoms with Crippen molar-refractivity contribution >= 4 is 27.5 Å². The number of fused-ring (bicyclic) bond motifs is 1. The zero-order chi connectivity index (χ0) is 18.8. The summed E-state index contributed by atoms with van der Waals surface area (Å²) in [6.45, 7) is 13.5. The molecule has 0 aromatic carbocycles. The molecule has 3 heterocycles. The maximum atomic E-state index is 12.8. The Labute approximate surface area is 160 Å². The lowest BCUT2D eigenvalue weighted by Crippen LogP contribution is -2.44. The van der Waals surface area contributed by atoms with Crippen LogP contribution in [0.15, 0.2) is 17.7 Å². The lowest BCUT2D eigenvalue weighted by molar-refractivity contribution is 0.0917. The summed E-state index contributed by atoms with van der Waals surface area (Å²) in [5.74, 6) is 0.0605. The topological polar surface area (TPSA) is 45.2 Å². The molecule has 0 saturated carbocycles. The maximum absolute atomic E-state index is 12.8. The predicted molar refractivity (Wildman–Crippen MR) is 110 cm³/mol. The van der Waals surface area contributed by atoms with Gasteiger partial charge in [-0.25, -0.2) is 4.98 Å². The van der Waals surface area contributed by atoms with E-state index in [-0.39, 0.29) is 11.9 Å². The summed E-state index contributed by atoms with van der Waals surface area (Å²) >= 11 is 1.52. The third-order valence-electron chi connectivity index (χ3n) is 5.11. The number of nitrogens with one attached hydrogen (secondary N) is 1. The number of hydrogen-bond acceptors (Lipinski definition) is 4. The molecule has 0 atom stereocenters. The first kappa shape index (κ1) is 19.1. The number of nitrogens with zero attached hydrogens (tertiary/aromatic N) is 2. The molecule has 26 heavy (non-hydrogen) atoms. The molecule has 0 radical (unpaired) electrons. The molecule has 2 aromatic rings. The second-order valence-electron chi connectivity index (χ2n) is 7.65. The fourth-order valence-corrected chi connectivity index (χ4v) is 4.86. The molecule has 0 unspecified atom stereocenters. The number of piperidine rings is 1. The largest absolute Gasteiger partial charge is 0.349 e. The van der Waals surface area contributed by atoms with E-state index in [1.165, 1.54) is 22.5 Å². The SMILES string of the molecule is CC(C)=CCN1CCC(NC(=O)c2sc3nc(C)cc(C)c3c2C)CC1. The Bertz CT molecular complexity index is 841. The molecule has 0 aliphatic carbocycles. The molecule has 1 aliphatic heterocycles. The molecule has 1 fully saturated rings. The number of rotatable bonds is 4. The van der Waals surface area contributed by atoms with Gasteiger partial charge in [-0.05, 0) is 64.7 Å². The molecule has 1 amide bonds. The quantitative estimate of drug-likeness (QED) is 0.811. The molecule has 4 nitrogen and oxygen atoms in total. The summed E-state index contributed by atoms with van der Waals surface area (Å²) in [4.78, 5) is 21.7. The van der Waals surface area contributed by atoms with Gasteiger partial charge in [0.1, 0.15) is 4.83 Å². The van der Waals surface area contributed by atoms with E-state index in [1.54, 1.807) is 0 Å². The van der Waals surface area contributed by atoms with Crippen molar-refractivity contribution in [3.63, 3.8) is 0 Å². The standard InChI is InChI=1S/C21H29N3OS/c1-13(2)6-9-24-10-7-17(8-11-24)23-20(25)19-16(5)18-14(3)12-15(4)22-21(18)26-19/h6,12,17H,7-11H2,1-5H3,(H,23,25). The van der Waals surface area contributed by atoms with Gasteiger partial charge in [-0.3, -0.25) is 9.69 Å². The lowest BCUT2D eigenvalue weighted by Gasteiger charge is -2.31. The lowest BCUT2D eigenvalue weighted by atomic mass is 10.0.